The summed E-state index contributed by atoms with van der Waals surface area (Å²) in [6, 6.07) is 0. The van der Waals surface area contributed by atoms with Crippen LogP contribution in [0.4, 0.5) is 0 Å². The van der Waals surface area contributed by atoms with Gasteiger partial charge < -0.3 is 16.0 Å². The summed E-state index contributed by atoms with van der Waals surface area (Å²) in [7, 11) is 0. The maximum absolute atomic E-state index is 11.7. The van der Waals surface area contributed by atoms with E-state index in [1.165, 1.54) is 25.7 Å². The topological polar surface area (TPSA) is 65.5 Å². The highest BCUT2D eigenvalue weighted by molar-refractivity contribution is 5.84. The molecule has 1 saturated carbocycles. The minimum atomic E-state index is -0.0143. The van der Waals surface area contributed by atoms with Gasteiger partial charge in [-0.3, -0.25) is 4.79 Å². The summed E-state index contributed by atoms with van der Waals surface area (Å²) in [4.78, 5) is 16.0. The molecule has 1 aliphatic rings. The molecule has 0 radical (unpaired) electrons. The molecule has 0 saturated heterocycles. The molecule has 0 aromatic heterocycles. The number of hydrogen-bond donors (Lipinski definition) is 3. The SMILES string of the molecule is CCCNC(=O)CN=C(NCC)NCC1(CC(C)C)CCC1. The van der Waals surface area contributed by atoms with E-state index >= 15 is 0 Å². The van der Waals surface area contributed by atoms with Gasteiger partial charge in [-0.1, -0.05) is 27.2 Å². The van der Waals surface area contributed by atoms with Crippen molar-refractivity contribution in [1.29, 1.82) is 0 Å². The van der Waals surface area contributed by atoms with Crippen molar-refractivity contribution in [3.8, 4) is 0 Å². The lowest BCUT2D eigenvalue weighted by molar-refractivity contribution is -0.119. The van der Waals surface area contributed by atoms with Crippen LogP contribution >= 0.6 is 0 Å². The molecular weight excluding hydrogens is 276 g/mol. The van der Waals surface area contributed by atoms with E-state index in [2.05, 4.69) is 34.8 Å². The Labute approximate surface area is 135 Å². The molecule has 0 aromatic carbocycles. The number of rotatable bonds is 9. The molecule has 0 spiro atoms. The summed E-state index contributed by atoms with van der Waals surface area (Å²) in [6.07, 6.45) is 6.15. The van der Waals surface area contributed by atoms with Crippen LogP contribution in [-0.4, -0.2) is 38.0 Å². The highest BCUT2D eigenvalue weighted by Crippen LogP contribution is 2.45. The van der Waals surface area contributed by atoms with Crippen molar-refractivity contribution >= 4 is 11.9 Å². The molecule has 1 rings (SSSR count). The van der Waals surface area contributed by atoms with Gasteiger partial charge in [-0.15, -0.1) is 0 Å². The number of amides is 1. The van der Waals surface area contributed by atoms with Crippen molar-refractivity contribution < 1.29 is 4.79 Å². The Hall–Kier alpha value is -1.26. The van der Waals surface area contributed by atoms with Crippen LogP contribution < -0.4 is 16.0 Å². The number of carbonyl (C=O) groups is 1. The monoisotopic (exact) mass is 310 g/mol. The van der Waals surface area contributed by atoms with Crippen LogP contribution in [0.15, 0.2) is 4.99 Å². The van der Waals surface area contributed by atoms with Crippen LogP contribution in [0.5, 0.6) is 0 Å². The summed E-state index contributed by atoms with van der Waals surface area (Å²) in [5, 5.41) is 9.52. The van der Waals surface area contributed by atoms with Crippen molar-refractivity contribution in [1.82, 2.24) is 16.0 Å². The van der Waals surface area contributed by atoms with Crippen molar-refractivity contribution in [2.45, 2.75) is 59.8 Å². The van der Waals surface area contributed by atoms with Gasteiger partial charge in [-0.05, 0) is 43.9 Å². The van der Waals surface area contributed by atoms with Crippen LogP contribution in [0.1, 0.15) is 59.8 Å². The minimum Gasteiger partial charge on any atom is -0.357 e. The second-order valence-electron chi connectivity index (χ2n) is 6.85. The number of guanidine groups is 1. The van der Waals surface area contributed by atoms with Gasteiger partial charge in [0.05, 0.1) is 0 Å². The Kier molecular flexibility index (Phi) is 8.28. The van der Waals surface area contributed by atoms with E-state index in [1.54, 1.807) is 0 Å². The average Bonchev–Trinajstić information content (AvgIpc) is 2.44. The Balaban J connectivity index is 2.47. The Morgan fingerprint density at radius 3 is 2.41 bits per heavy atom. The Morgan fingerprint density at radius 2 is 1.91 bits per heavy atom. The zero-order valence-corrected chi connectivity index (χ0v) is 14.8. The lowest BCUT2D eigenvalue weighted by Gasteiger charge is -2.43. The van der Waals surface area contributed by atoms with Gasteiger partial charge in [-0.2, -0.15) is 0 Å². The van der Waals surface area contributed by atoms with Crippen molar-refractivity contribution in [2.24, 2.45) is 16.3 Å². The van der Waals surface area contributed by atoms with E-state index in [4.69, 9.17) is 0 Å². The number of nitrogens with zero attached hydrogens (tertiary/aromatic N) is 1. The molecule has 3 N–H and O–H groups in total. The third-order valence-electron chi connectivity index (χ3n) is 4.18. The summed E-state index contributed by atoms with van der Waals surface area (Å²) >= 11 is 0. The highest BCUT2D eigenvalue weighted by Gasteiger charge is 2.37. The van der Waals surface area contributed by atoms with E-state index in [-0.39, 0.29) is 12.5 Å². The summed E-state index contributed by atoms with van der Waals surface area (Å²) in [5.41, 5.74) is 0.425. The molecule has 5 nitrogen and oxygen atoms in total. The second-order valence-corrected chi connectivity index (χ2v) is 6.85. The van der Waals surface area contributed by atoms with E-state index in [1.807, 2.05) is 13.8 Å². The molecule has 0 aromatic rings. The molecule has 0 heterocycles. The predicted octanol–water partition coefficient (Wildman–Crippen LogP) is 2.28. The first-order valence-corrected chi connectivity index (χ1v) is 8.80. The van der Waals surface area contributed by atoms with Crippen molar-refractivity contribution in [2.75, 3.05) is 26.2 Å². The van der Waals surface area contributed by atoms with Crippen LogP contribution in [0, 0.1) is 11.3 Å². The lowest BCUT2D eigenvalue weighted by atomic mass is 9.64. The van der Waals surface area contributed by atoms with Crippen molar-refractivity contribution in [3.05, 3.63) is 0 Å². The van der Waals surface area contributed by atoms with Gasteiger partial charge in [0.2, 0.25) is 5.91 Å². The standard InChI is InChI=1S/C17H34N4O/c1-5-10-19-15(22)12-20-16(18-6-2)21-13-17(8-7-9-17)11-14(3)4/h14H,5-13H2,1-4H3,(H,19,22)(H2,18,20,21). The second kappa shape index (κ2) is 9.70. The van der Waals surface area contributed by atoms with Gasteiger partial charge in [0.1, 0.15) is 6.54 Å². The van der Waals surface area contributed by atoms with Crippen LogP contribution in [0.2, 0.25) is 0 Å². The summed E-state index contributed by atoms with van der Waals surface area (Å²) in [6.45, 7) is 11.3. The fourth-order valence-electron chi connectivity index (χ4n) is 3.08. The molecule has 1 amide bonds. The third-order valence-corrected chi connectivity index (χ3v) is 4.18. The smallest absolute Gasteiger partial charge is 0.241 e. The largest absolute Gasteiger partial charge is 0.357 e. The number of hydrogen-bond acceptors (Lipinski definition) is 2. The molecule has 0 bridgehead atoms. The first kappa shape index (κ1) is 18.8. The molecule has 22 heavy (non-hydrogen) atoms. The number of aliphatic imine (C=N–C) groups is 1. The highest BCUT2D eigenvalue weighted by atomic mass is 16.1. The first-order chi connectivity index (χ1) is 10.5. The quantitative estimate of drug-likeness (QED) is 0.452. The van der Waals surface area contributed by atoms with Gasteiger partial charge in [0.25, 0.3) is 0 Å². The first-order valence-electron chi connectivity index (χ1n) is 8.80. The minimum absolute atomic E-state index is 0.0143. The molecule has 1 aliphatic carbocycles. The zero-order valence-electron chi connectivity index (χ0n) is 14.8. The fourth-order valence-corrected chi connectivity index (χ4v) is 3.08. The zero-order chi connectivity index (χ0) is 16.4. The molecular formula is C17H34N4O. The molecule has 128 valence electrons. The maximum atomic E-state index is 11.7. The van der Waals surface area contributed by atoms with Crippen molar-refractivity contribution in [3.63, 3.8) is 0 Å². The summed E-state index contributed by atoms with van der Waals surface area (Å²) < 4.78 is 0. The van der Waals surface area contributed by atoms with Gasteiger partial charge in [-0.25, -0.2) is 4.99 Å². The Bertz CT molecular complexity index is 362. The van der Waals surface area contributed by atoms with E-state index in [0.717, 1.165) is 37.9 Å². The van der Waals surface area contributed by atoms with E-state index in [0.29, 0.717) is 5.41 Å². The molecule has 0 aliphatic heterocycles. The average molecular weight is 310 g/mol. The number of carbonyl (C=O) groups excluding carboxylic acids is 1. The van der Waals surface area contributed by atoms with E-state index < -0.39 is 0 Å². The predicted molar refractivity (Wildman–Crippen MR) is 93.0 cm³/mol. The van der Waals surface area contributed by atoms with E-state index in [9.17, 15) is 4.79 Å². The third kappa shape index (κ3) is 6.67. The molecule has 0 atom stereocenters. The maximum Gasteiger partial charge on any atom is 0.241 e. The van der Waals surface area contributed by atoms with Crippen LogP contribution in [0.3, 0.4) is 0 Å². The number of nitrogens with one attached hydrogen (secondary N) is 3. The van der Waals surface area contributed by atoms with Gasteiger partial charge in [0, 0.05) is 19.6 Å². The van der Waals surface area contributed by atoms with Gasteiger partial charge >= 0.3 is 0 Å². The Morgan fingerprint density at radius 1 is 1.18 bits per heavy atom. The molecule has 5 heteroatoms. The van der Waals surface area contributed by atoms with Gasteiger partial charge in [0.15, 0.2) is 5.96 Å². The normalized spacial score (nSPS) is 17.0. The fraction of sp³-hybridized carbons (Fsp3) is 0.882. The molecule has 0 unspecified atom stereocenters. The summed E-state index contributed by atoms with van der Waals surface area (Å²) in [5.74, 6) is 1.46. The molecule has 1 fully saturated rings. The lowest BCUT2D eigenvalue weighted by Crippen LogP contribution is -2.47. The van der Waals surface area contributed by atoms with Crippen LogP contribution in [0.25, 0.3) is 0 Å². The van der Waals surface area contributed by atoms with Crippen LogP contribution in [-0.2, 0) is 4.79 Å².